The molecule has 20 heavy (non-hydrogen) atoms. The zero-order valence-corrected chi connectivity index (χ0v) is 12.1. The van der Waals surface area contributed by atoms with Crippen LogP contribution in [0, 0.1) is 20.8 Å². The lowest BCUT2D eigenvalue weighted by atomic mass is 9.77. The van der Waals surface area contributed by atoms with Gasteiger partial charge in [-0.05, 0) is 42.9 Å². The average Bonchev–Trinajstić information content (AvgIpc) is 2.37. The maximum absolute atomic E-state index is 9.35. The fourth-order valence-corrected chi connectivity index (χ4v) is 2.46. The lowest BCUT2D eigenvalue weighted by molar-refractivity contribution is 0.302. The van der Waals surface area contributed by atoms with E-state index in [1.165, 1.54) is 5.56 Å². The quantitative estimate of drug-likeness (QED) is 0.834. The molecule has 4 heteroatoms. The van der Waals surface area contributed by atoms with Gasteiger partial charge in [0.05, 0.1) is 0 Å². The van der Waals surface area contributed by atoms with Crippen LogP contribution in [0.4, 0.5) is 0 Å². The van der Waals surface area contributed by atoms with Crippen molar-refractivity contribution in [2.75, 3.05) is 0 Å². The van der Waals surface area contributed by atoms with Crippen molar-refractivity contribution in [1.29, 1.82) is 0 Å². The van der Waals surface area contributed by atoms with Crippen molar-refractivity contribution in [2.24, 2.45) is 0 Å². The topological polar surface area (TPSA) is 49.7 Å². The van der Waals surface area contributed by atoms with Crippen molar-refractivity contribution in [3.05, 3.63) is 58.7 Å². The van der Waals surface area contributed by atoms with E-state index in [-0.39, 0.29) is 0 Å². The molecule has 0 aliphatic carbocycles. The third-order valence-electron chi connectivity index (χ3n) is 3.31. The second-order valence-corrected chi connectivity index (χ2v) is 5.09. The molecule has 3 nitrogen and oxygen atoms in total. The molecule has 0 heterocycles. The summed E-state index contributed by atoms with van der Waals surface area (Å²) in [5, 5.41) is 18.7. The largest absolute Gasteiger partial charge is 0.488 e. The second-order valence-electron chi connectivity index (χ2n) is 5.09. The zero-order valence-electron chi connectivity index (χ0n) is 12.1. The van der Waals surface area contributed by atoms with Crippen molar-refractivity contribution >= 4 is 12.6 Å². The van der Waals surface area contributed by atoms with Gasteiger partial charge in [0.25, 0.3) is 0 Å². The van der Waals surface area contributed by atoms with Gasteiger partial charge in [0.2, 0.25) is 0 Å². The number of aryl methyl sites for hydroxylation is 3. The van der Waals surface area contributed by atoms with Gasteiger partial charge in [0.1, 0.15) is 12.4 Å². The van der Waals surface area contributed by atoms with Crippen LogP contribution in [0.5, 0.6) is 5.75 Å². The normalized spacial score (nSPS) is 10.4. The molecule has 0 atom stereocenters. The monoisotopic (exact) mass is 270 g/mol. The molecule has 0 aliphatic heterocycles. The van der Waals surface area contributed by atoms with E-state index in [0.717, 1.165) is 22.4 Å². The first-order valence-corrected chi connectivity index (χ1v) is 6.63. The van der Waals surface area contributed by atoms with Gasteiger partial charge in [0.15, 0.2) is 0 Å². The van der Waals surface area contributed by atoms with Gasteiger partial charge < -0.3 is 14.8 Å². The molecule has 2 aromatic rings. The lowest BCUT2D eigenvalue weighted by Gasteiger charge is -2.15. The molecule has 0 aliphatic rings. The highest BCUT2D eigenvalue weighted by Crippen LogP contribution is 2.25. The van der Waals surface area contributed by atoms with E-state index in [1.807, 2.05) is 26.0 Å². The molecular formula is C16H19BO3. The van der Waals surface area contributed by atoms with Gasteiger partial charge in [0, 0.05) is 0 Å². The molecule has 0 radical (unpaired) electrons. The molecule has 0 amide bonds. The van der Waals surface area contributed by atoms with Gasteiger partial charge in [-0.1, -0.05) is 42.0 Å². The Labute approximate surface area is 120 Å². The van der Waals surface area contributed by atoms with Crippen LogP contribution in [0.3, 0.4) is 0 Å². The van der Waals surface area contributed by atoms with Crippen LogP contribution < -0.4 is 10.2 Å². The first kappa shape index (κ1) is 14.6. The van der Waals surface area contributed by atoms with E-state index in [4.69, 9.17) is 4.74 Å². The van der Waals surface area contributed by atoms with E-state index in [2.05, 4.69) is 19.1 Å². The highest BCUT2D eigenvalue weighted by molar-refractivity contribution is 6.59. The molecule has 2 N–H and O–H groups in total. The molecule has 0 unspecified atom stereocenters. The second kappa shape index (κ2) is 6.12. The van der Waals surface area contributed by atoms with Gasteiger partial charge in [-0.3, -0.25) is 0 Å². The lowest BCUT2D eigenvalue weighted by Crippen LogP contribution is -2.33. The van der Waals surface area contributed by atoms with Gasteiger partial charge in [-0.2, -0.15) is 0 Å². The van der Waals surface area contributed by atoms with Crippen LogP contribution in [-0.2, 0) is 6.61 Å². The Bertz CT molecular complexity index is 585. The van der Waals surface area contributed by atoms with Crippen molar-refractivity contribution in [3.8, 4) is 5.75 Å². The Hall–Kier alpha value is -1.78. The molecule has 0 bridgehead atoms. The molecular weight excluding hydrogens is 251 g/mol. The first-order valence-electron chi connectivity index (χ1n) is 6.63. The van der Waals surface area contributed by atoms with Crippen molar-refractivity contribution in [3.63, 3.8) is 0 Å². The molecule has 0 aromatic heterocycles. The van der Waals surface area contributed by atoms with Crippen LogP contribution in [0.2, 0.25) is 0 Å². The maximum Gasteiger partial charge on any atom is 0.488 e. The summed E-state index contributed by atoms with van der Waals surface area (Å²) >= 11 is 0. The summed E-state index contributed by atoms with van der Waals surface area (Å²) < 4.78 is 5.88. The first-order chi connectivity index (χ1) is 9.49. The number of hydrogen-bond donors (Lipinski definition) is 2. The summed E-state index contributed by atoms with van der Waals surface area (Å²) in [5.74, 6) is 0.859. The van der Waals surface area contributed by atoms with E-state index in [9.17, 15) is 10.0 Å². The predicted molar refractivity (Wildman–Crippen MR) is 81.3 cm³/mol. The summed E-state index contributed by atoms with van der Waals surface area (Å²) in [6, 6.07) is 11.3. The molecule has 104 valence electrons. The summed E-state index contributed by atoms with van der Waals surface area (Å²) in [5.41, 5.74) is 4.64. The van der Waals surface area contributed by atoms with Gasteiger partial charge >= 0.3 is 7.12 Å². The van der Waals surface area contributed by atoms with Crippen LogP contribution in [0.25, 0.3) is 0 Å². The van der Waals surface area contributed by atoms with Crippen molar-refractivity contribution in [2.45, 2.75) is 27.4 Å². The smallest absolute Gasteiger partial charge is 0.488 e. The minimum Gasteiger partial charge on any atom is -0.488 e. The number of ether oxygens (including phenoxy) is 1. The Balaban J connectivity index is 2.22. The average molecular weight is 270 g/mol. The summed E-state index contributed by atoms with van der Waals surface area (Å²) in [7, 11) is -1.48. The molecule has 0 saturated heterocycles. The fourth-order valence-electron chi connectivity index (χ4n) is 2.46. The van der Waals surface area contributed by atoms with Gasteiger partial charge in [-0.25, -0.2) is 0 Å². The Morgan fingerprint density at radius 2 is 1.60 bits per heavy atom. The van der Waals surface area contributed by atoms with Gasteiger partial charge in [-0.15, -0.1) is 0 Å². The Morgan fingerprint density at radius 3 is 2.20 bits per heavy atom. The maximum atomic E-state index is 9.35. The van der Waals surface area contributed by atoms with Crippen LogP contribution >= 0.6 is 0 Å². The minimum absolute atomic E-state index is 0.318. The van der Waals surface area contributed by atoms with Crippen LogP contribution in [0.15, 0.2) is 36.4 Å². The number of hydrogen-bond acceptors (Lipinski definition) is 3. The SMILES string of the molecule is Cc1cc(C)c(OCc2ccccc2B(O)O)c(C)c1. The van der Waals surface area contributed by atoms with Crippen LogP contribution in [-0.4, -0.2) is 17.2 Å². The Morgan fingerprint density at radius 1 is 1.00 bits per heavy atom. The third kappa shape index (κ3) is 3.21. The predicted octanol–water partition coefficient (Wildman–Crippen LogP) is 1.87. The molecule has 0 spiro atoms. The Kier molecular flexibility index (Phi) is 4.48. The summed E-state index contributed by atoms with van der Waals surface area (Å²) in [6.45, 7) is 6.41. The van der Waals surface area contributed by atoms with Crippen molar-refractivity contribution in [1.82, 2.24) is 0 Å². The van der Waals surface area contributed by atoms with Crippen LogP contribution in [0.1, 0.15) is 22.3 Å². The molecule has 2 rings (SSSR count). The standard InChI is InChI=1S/C16H19BO3/c1-11-8-12(2)16(13(3)9-11)20-10-14-6-4-5-7-15(14)17(18)19/h4-9,18-19H,10H2,1-3H3. The summed E-state index contributed by atoms with van der Waals surface area (Å²) in [4.78, 5) is 0. The van der Waals surface area contributed by atoms with E-state index < -0.39 is 7.12 Å². The van der Waals surface area contributed by atoms with E-state index >= 15 is 0 Å². The third-order valence-corrected chi connectivity index (χ3v) is 3.31. The minimum atomic E-state index is -1.48. The zero-order chi connectivity index (χ0) is 14.7. The van der Waals surface area contributed by atoms with Crippen molar-refractivity contribution < 1.29 is 14.8 Å². The fraction of sp³-hybridized carbons (Fsp3) is 0.250. The summed E-state index contributed by atoms with van der Waals surface area (Å²) in [6.07, 6.45) is 0. The highest BCUT2D eigenvalue weighted by atomic mass is 16.5. The number of rotatable bonds is 4. The van der Waals surface area contributed by atoms with E-state index in [0.29, 0.717) is 12.1 Å². The molecule has 0 fully saturated rings. The molecule has 2 aromatic carbocycles. The number of benzene rings is 2. The highest BCUT2D eigenvalue weighted by Gasteiger charge is 2.16. The van der Waals surface area contributed by atoms with E-state index in [1.54, 1.807) is 12.1 Å². The molecule has 0 saturated carbocycles.